The van der Waals surface area contributed by atoms with Crippen LogP contribution in [0.2, 0.25) is 0 Å². The first-order valence-corrected chi connectivity index (χ1v) is 11.0. The van der Waals surface area contributed by atoms with E-state index in [2.05, 4.69) is 21.2 Å². The molecule has 0 saturated carbocycles. The molecule has 0 bridgehead atoms. The molecule has 1 atom stereocenters. The fourth-order valence-corrected chi connectivity index (χ4v) is 4.52. The van der Waals surface area contributed by atoms with Gasteiger partial charge in [0.05, 0.1) is 17.5 Å². The largest absolute Gasteiger partial charge is 0.348 e. The number of carbonyl (C=O) groups is 1. The van der Waals surface area contributed by atoms with Crippen LogP contribution in [0.4, 0.5) is 0 Å². The van der Waals surface area contributed by atoms with Crippen molar-refractivity contribution in [2.24, 2.45) is 0 Å². The van der Waals surface area contributed by atoms with Crippen LogP contribution in [-0.2, 0) is 14.8 Å². The average molecular weight is 461 g/mol. The number of amides is 1. The Morgan fingerprint density at radius 3 is 2.46 bits per heavy atom. The highest BCUT2D eigenvalue weighted by molar-refractivity contribution is 9.10. The van der Waals surface area contributed by atoms with Gasteiger partial charge in [-0.15, -0.1) is 0 Å². The lowest BCUT2D eigenvalue weighted by Crippen LogP contribution is -2.39. The Morgan fingerprint density at radius 1 is 1.04 bits per heavy atom. The number of nitrogens with zero attached hydrogens (tertiary/aromatic N) is 1. The molecular weight excluding hydrogens is 440 g/mol. The Bertz CT molecular complexity index is 1120. The van der Waals surface area contributed by atoms with E-state index >= 15 is 0 Å². The van der Waals surface area contributed by atoms with Gasteiger partial charge in [0.25, 0.3) is 0 Å². The second-order valence-corrected chi connectivity index (χ2v) is 9.57. The summed E-state index contributed by atoms with van der Waals surface area (Å²) in [5.41, 5.74) is 0.933. The van der Waals surface area contributed by atoms with E-state index in [1.54, 1.807) is 18.2 Å². The molecule has 146 valence electrons. The van der Waals surface area contributed by atoms with E-state index in [4.69, 9.17) is 0 Å². The van der Waals surface area contributed by atoms with Crippen LogP contribution >= 0.6 is 15.9 Å². The molecule has 0 aromatic heterocycles. The average Bonchev–Trinajstić information content (AvgIpc) is 2.67. The summed E-state index contributed by atoms with van der Waals surface area (Å²) in [6.07, 6.45) is 0. The second kappa shape index (κ2) is 8.43. The molecule has 7 heteroatoms. The molecule has 0 radical (unpaired) electrons. The number of halogens is 1. The Morgan fingerprint density at radius 2 is 1.75 bits per heavy atom. The highest BCUT2D eigenvalue weighted by Gasteiger charge is 2.24. The van der Waals surface area contributed by atoms with Gasteiger partial charge < -0.3 is 5.32 Å². The van der Waals surface area contributed by atoms with Crippen molar-refractivity contribution >= 4 is 42.6 Å². The predicted molar refractivity (Wildman–Crippen MR) is 114 cm³/mol. The monoisotopic (exact) mass is 460 g/mol. The fourth-order valence-electron chi connectivity index (χ4n) is 2.94. The standard InChI is InChI=1S/C21H21BrN2O3S/c1-15(17-8-5-9-19(22)12-17)23-21(25)14-24(2)28(26,27)20-11-10-16-6-3-4-7-18(16)13-20/h3-13,15H,14H2,1-2H3,(H,23,25)/t15-/m0/s1. The number of fused-ring (bicyclic) bond motifs is 1. The number of rotatable bonds is 6. The summed E-state index contributed by atoms with van der Waals surface area (Å²) in [6, 6.07) is 19.9. The summed E-state index contributed by atoms with van der Waals surface area (Å²) in [5.74, 6) is -0.362. The second-order valence-electron chi connectivity index (χ2n) is 6.61. The van der Waals surface area contributed by atoms with Gasteiger partial charge >= 0.3 is 0 Å². The molecule has 3 aromatic rings. The van der Waals surface area contributed by atoms with E-state index in [0.29, 0.717) is 0 Å². The van der Waals surface area contributed by atoms with E-state index in [1.807, 2.05) is 55.5 Å². The summed E-state index contributed by atoms with van der Waals surface area (Å²) in [5, 5.41) is 4.64. The Balaban J connectivity index is 1.71. The first-order chi connectivity index (χ1) is 13.3. The molecule has 28 heavy (non-hydrogen) atoms. The van der Waals surface area contributed by atoms with Gasteiger partial charge in [-0.2, -0.15) is 4.31 Å². The van der Waals surface area contributed by atoms with Crippen LogP contribution in [-0.4, -0.2) is 32.2 Å². The number of carbonyl (C=O) groups excluding carboxylic acids is 1. The molecule has 0 aliphatic carbocycles. The topological polar surface area (TPSA) is 66.5 Å². The zero-order chi connectivity index (χ0) is 20.3. The first kappa shape index (κ1) is 20.5. The highest BCUT2D eigenvalue weighted by Crippen LogP contribution is 2.21. The van der Waals surface area contributed by atoms with Gasteiger partial charge in [-0.1, -0.05) is 58.4 Å². The van der Waals surface area contributed by atoms with Crippen molar-refractivity contribution in [1.29, 1.82) is 0 Å². The lowest BCUT2D eigenvalue weighted by molar-refractivity contribution is -0.121. The van der Waals surface area contributed by atoms with Crippen molar-refractivity contribution in [1.82, 2.24) is 9.62 Å². The van der Waals surface area contributed by atoms with Crippen LogP contribution in [0.25, 0.3) is 10.8 Å². The third kappa shape index (κ3) is 4.60. The van der Waals surface area contributed by atoms with Crippen molar-refractivity contribution in [3.63, 3.8) is 0 Å². The van der Waals surface area contributed by atoms with Gasteiger partial charge in [-0.25, -0.2) is 8.42 Å². The zero-order valence-corrected chi connectivity index (χ0v) is 18.0. The lowest BCUT2D eigenvalue weighted by Gasteiger charge is -2.20. The summed E-state index contributed by atoms with van der Waals surface area (Å²) in [7, 11) is -2.36. The number of benzene rings is 3. The third-order valence-electron chi connectivity index (χ3n) is 4.52. The maximum absolute atomic E-state index is 12.9. The summed E-state index contributed by atoms with van der Waals surface area (Å²) in [6.45, 7) is 1.60. The fraction of sp³-hybridized carbons (Fsp3) is 0.190. The molecule has 1 amide bonds. The molecule has 0 fully saturated rings. The predicted octanol–water partition coefficient (Wildman–Crippen LogP) is 4.10. The van der Waals surface area contributed by atoms with Gasteiger partial charge in [0.1, 0.15) is 0 Å². The van der Waals surface area contributed by atoms with Crippen LogP contribution < -0.4 is 5.32 Å². The minimum atomic E-state index is -3.77. The normalized spacial score (nSPS) is 12.9. The molecule has 3 aromatic carbocycles. The number of sulfonamides is 1. The van der Waals surface area contributed by atoms with Crippen molar-refractivity contribution < 1.29 is 13.2 Å². The maximum atomic E-state index is 12.9. The van der Waals surface area contributed by atoms with E-state index in [1.165, 1.54) is 7.05 Å². The summed E-state index contributed by atoms with van der Waals surface area (Å²) < 4.78 is 27.7. The van der Waals surface area contributed by atoms with Gasteiger partial charge in [-0.3, -0.25) is 4.79 Å². The van der Waals surface area contributed by atoms with Gasteiger partial charge in [0, 0.05) is 11.5 Å². The highest BCUT2D eigenvalue weighted by atomic mass is 79.9. The molecular formula is C21H21BrN2O3S. The van der Waals surface area contributed by atoms with Crippen LogP contribution in [0.1, 0.15) is 18.5 Å². The molecule has 0 saturated heterocycles. The SMILES string of the molecule is C[C@H](NC(=O)CN(C)S(=O)(=O)c1ccc2ccccc2c1)c1cccc(Br)c1. The molecule has 5 nitrogen and oxygen atoms in total. The smallest absolute Gasteiger partial charge is 0.243 e. The van der Waals surface area contributed by atoms with E-state index in [-0.39, 0.29) is 23.4 Å². The lowest BCUT2D eigenvalue weighted by atomic mass is 10.1. The summed E-state index contributed by atoms with van der Waals surface area (Å²) >= 11 is 3.41. The molecule has 0 unspecified atom stereocenters. The number of likely N-dealkylation sites (N-methyl/N-ethyl adjacent to an activating group) is 1. The first-order valence-electron chi connectivity index (χ1n) is 8.77. The van der Waals surface area contributed by atoms with Gasteiger partial charge in [0.15, 0.2) is 0 Å². The van der Waals surface area contributed by atoms with E-state index < -0.39 is 10.0 Å². The Hall–Kier alpha value is -2.22. The Kier molecular flexibility index (Phi) is 6.17. The van der Waals surface area contributed by atoms with Crippen LogP contribution in [0.3, 0.4) is 0 Å². The van der Waals surface area contributed by atoms with Gasteiger partial charge in [0.2, 0.25) is 15.9 Å². The maximum Gasteiger partial charge on any atom is 0.243 e. The molecule has 0 heterocycles. The molecule has 3 rings (SSSR count). The van der Waals surface area contributed by atoms with Crippen molar-refractivity contribution in [3.8, 4) is 0 Å². The van der Waals surface area contributed by atoms with E-state index in [0.717, 1.165) is 25.1 Å². The number of nitrogens with one attached hydrogen (secondary N) is 1. The van der Waals surface area contributed by atoms with Crippen LogP contribution in [0.5, 0.6) is 0 Å². The van der Waals surface area contributed by atoms with Gasteiger partial charge in [-0.05, 0) is 47.5 Å². The molecule has 0 aliphatic heterocycles. The number of hydrogen-bond acceptors (Lipinski definition) is 3. The molecule has 0 spiro atoms. The van der Waals surface area contributed by atoms with E-state index in [9.17, 15) is 13.2 Å². The van der Waals surface area contributed by atoms with Crippen LogP contribution in [0.15, 0.2) is 76.1 Å². The molecule has 1 N–H and O–H groups in total. The quantitative estimate of drug-likeness (QED) is 0.601. The van der Waals surface area contributed by atoms with Crippen LogP contribution in [0, 0.1) is 0 Å². The Labute approximate surface area is 173 Å². The minimum Gasteiger partial charge on any atom is -0.348 e. The molecule has 0 aliphatic rings. The van der Waals surface area contributed by atoms with Crippen molar-refractivity contribution in [2.45, 2.75) is 17.9 Å². The zero-order valence-electron chi connectivity index (χ0n) is 15.6. The minimum absolute atomic E-state index is 0.168. The third-order valence-corrected chi connectivity index (χ3v) is 6.81. The summed E-state index contributed by atoms with van der Waals surface area (Å²) in [4.78, 5) is 12.6. The number of hydrogen-bond donors (Lipinski definition) is 1. The van der Waals surface area contributed by atoms with Crippen molar-refractivity contribution in [2.75, 3.05) is 13.6 Å². The van der Waals surface area contributed by atoms with Crippen molar-refractivity contribution in [3.05, 3.63) is 76.8 Å².